The first-order valence-corrected chi connectivity index (χ1v) is 8.78. The molecule has 0 fully saturated rings. The summed E-state index contributed by atoms with van der Waals surface area (Å²) in [6.07, 6.45) is 0.262. The monoisotopic (exact) mass is 345 g/mol. The van der Waals surface area contributed by atoms with Crippen molar-refractivity contribution < 1.29 is 9.90 Å². The Morgan fingerprint density at radius 1 is 0.960 bits per heavy atom. The molecule has 0 unspecified atom stereocenters. The van der Waals surface area contributed by atoms with Gasteiger partial charge in [-0.15, -0.1) is 11.3 Å². The Balaban J connectivity index is 1.61. The molecular weight excluding hydrogens is 330 g/mol. The van der Waals surface area contributed by atoms with Crippen LogP contribution in [0.25, 0.3) is 20.8 Å². The molecule has 0 atom stereocenters. The Bertz CT molecular complexity index is 1020. The molecular formula is C21H15NO2S. The topological polar surface area (TPSA) is 50.2 Å². The SMILES string of the molecule is O=C(Cc1ccc(-c2nc3ccccc3s2)c(O)c1)c1ccccc1. The Morgan fingerprint density at radius 3 is 2.48 bits per heavy atom. The summed E-state index contributed by atoms with van der Waals surface area (Å²) < 4.78 is 1.08. The molecule has 0 spiro atoms. The van der Waals surface area contributed by atoms with Crippen LogP contribution in [0.2, 0.25) is 0 Å². The zero-order valence-corrected chi connectivity index (χ0v) is 14.2. The lowest BCUT2D eigenvalue weighted by atomic mass is 10.0. The normalized spacial score (nSPS) is 10.9. The van der Waals surface area contributed by atoms with Crippen LogP contribution in [-0.4, -0.2) is 15.9 Å². The first-order valence-electron chi connectivity index (χ1n) is 7.97. The molecule has 0 aliphatic rings. The summed E-state index contributed by atoms with van der Waals surface area (Å²) in [4.78, 5) is 16.9. The van der Waals surface area contributed by atoms with Crippen molar-refractivity contribution in [2.75, 3.05) is 0 Å². The second-order valence-electron chi connectivity index (χ2n) is 5.80. The highest BCUT2D eigenvalue weighted by Gasteiger charge is 2.13. The molecule has 0 saturated heterocycles. The molecule has 0 bridgehead atoms. The number of benzene rings is 3. The zero-order chi connectivity index (χ0) is 17.2. The number of Topliss-reactive ketones (excluding diaryl/α,β-unsaturated/α-hetero) is 1. The van der Waals surface area contributed by atoms with Crippen LogP contribution in [0, 0.1) is 0 Å². The first kappa shape index (κ1) is 15.5. The zero-order valence-electron chi connectivity index (χ0n) is 13.3. The summed E-state index contributed by atoms with van der Waals surface area (Å²) in [5, 5.41) is 11.2. The summed E-state index contributed by atoms with van der Waals surface area (Å²) in [6.45, 7) is 0. The third kappa shape index (κ3) is 3.16. The number of carbonyl (C=O) groups is 1. The van der Waals surface area contributed by atoms with E-state index in [1.54, 1.807) is 29.5 Å². The standard InChI is InChI=1S/C21H15NO2S/c23-18(15-6-2-1-3-7-15)12-14-10-11-16(19(24)13-14)21-22-17-8-4-5-9-20(17)25-21/h1-11,13,24H,12H2. The van der Waals surface area contributed by atoms with Crippen molar-refractivity contribution >= 4 is 27.3 Å². The number of rotatable bonds is 4. The van der Waals surface area contributed by atoms with Gasteiger partial charge in [-0.2, -0.15) is 0 Å². The molecule has 4 rings (SSSR count). The predicted octanol–water partition coefficient (Wildman–Crippen LogP) is 5.09. The number of nitrogens with zero attached hydrogens (tertiary/aromatic N) is 1. The van der Waals surface area contributed by atoms with E-state index in [0.29, 0.717) is 11.1 Å². The Morgan fingerprint density at radius 2 is 1.72 bits per heavy atom. The molecule has 122 valence electrons. The van der Waals surface area contributed by atoms with Gasteiger partial charge in [-0.05, 0) is 29.8 Å². The number of para-hydroxylation sites is 1. The average Bonchev–Trinajstić information content (AvgIpc) is 3.06. The van der Waals surface area contributed by atoms with Crippen molar-refractivity contribution in [3.63, 3.8) is 0 Å². The molecule has 0 aliphatic carbocycles. The number of fused-ring (bicyclic) bond motifs is 1. The van der Waals surface area contributed by atoms with Gasteiger partial charge in [-0.1, -0.05) is 48.5 Å². The second kappa shape index (κ2) is 6.49. The number of aromatic nitrogens is 1. The van der Waals surface area contributed by atoms with Crippen LogP contribution in [0.3, 0.4) is 0 Å². The highest BCUT2D eigenvalue weighted by atomic mass is 32.1. The van der Waals surface area contributed by atoms with Crippen LogP contribution in [0.15, 0.2) is 72.8 Å². The fourth-order valence-electron chi connectivity index (χ4n) is 2.77. The van der Waals surface area contributed by atoms with Crippen molar-refractivity contribution in [2.45, 2.75) is 6.42 Å². The van der Waals surface area contributed by atoms with E-state index in [9.17, 15) is 9.90 Å². The molecule has 1 aromatic heterocycles. The number of hydrogen-bond acceptors (Lipinski definition) is 4. The highest BCUT2D eigenvalue weighted by molar-refractivity contribution is 7.21. The van der Waals surface area contributed by atoms with Crippen LogP contribution < -0.4 is 0 Å². The number of carbonyl (C=O) groups excluding carboxylic acids is 1. The molecule has 0 radical (unpaired) electrons. The maximum atomic E-state index is 12.3. The van der Waals surface area contributed by atoms with Gasteiger partial charge in [0.15, 0.2) is 5.78 Å². The minimum absolute atomic E-state index is 0.0349. The first-order chi connectivity index (χ1) is 12.2. The van der Waals surface area contributed by atoms with Crippen LogP contribution in [0.1, 0.15) is 15.9 Å². The van der Waals surface area contributed by atoms with Crippen LogP contribution in [0.5, 0.6) is 5.75 Å². The Kier molecular flexibility index (Phi) is 4.04. The molecule has 0 aliphatic heterocycles. The molecule has 3 aromatic carbocycles. The number of aromatic hydroxyl groups is 1. The molecule has 4 aromatic rings. The summed E-state index contributed by atoms with van der Waals surface area (Å²) >= 11 is 1.54. The smallest absolute Gasteiger partial charge is 0.167 e. The molecule has 0 saturated carbocycles. The second-order valence-corrected chi connectivity index (χ2v) is 6.83. The summed E-state index contributed by atoms with van der Waals surface area (Å²) in [6, 6.07) is 22.4. The molecule has 1 heterocycles. The Labute approximate surface area is 149 Å². The maximum absolute atomic E-state index is 12.3. The Hall–Kier alpha value is -2.98. The highest BCUT2D eigenvalue weighted by Crippen LogP contribution is 2.35. The van der Waals surface area contributed by atoms with Crippen molar-refractivity contribution in [3.8, 4) is 16.3 Å². The molecule has 3 nitrogen and oxygen atoms in total. The van der Waals surface area contributed by atoms with E-state index in [1.807, 2.05) is 54.6 Å². The number of phenolic OH excluding ortho intramolecular Hbond substituents is 1. The predicted molar refractivity (Wildman–Crippen MR) is 101 cm³/mol. The number of thiazole rings is 1. The van der Waals surface area contributed by atoms with Gasteiger partial charge in [0, 0.05) is 12.0 Å². The summed E-state index contributed by atoms with van der Waals surface area (Å²) in [5.74, 6) is 0.185. The lowest BCUT2D eigenvalue weighted by Gasteiger charge is -2.05. The van der Waals surface area contributed by atoms with Gasteiger partial charge in [0.25, 0.3) is 0 Å². The quantitative estimate of drug-likeness (QED) is 0.524. The van der Waals surface area contributed by atoms with Gasteiger partial charge in [-0.3, -0.25) is 4.79 Å². The molecule has 1 N–H and O–H groups in total. The van der Waals surface area contributed by atoms with E-state index in [1.165, 1.54) is 0 Å². The fraction of sp³-hybridized carbons (Fsp3) is 0.0476. The summed E-state index contributed by atoms with van der Waals surface area (Å²) in [7, 11) is 0. The van der Waals surface area contributed by atoms with E-state index in [2.05, 4.69) is 4.98 Å². The minimum Gasteiger partial charge on any atom is -0.507 e. The van der Waals surface area contributed by atoms with Gasteiger partial charge < -0.3 is 5.11 Å². The van der Waals surface area contributed by atoms with E-state index < -0.39 is 0 Å². The van der Waals surface area contributed by atoms with Crippen molar-refractivity contribution in [3.05, 3.63) is 83.9 Å². The van der Waals surface area contributed by atoms with Gasteiger partial charge in [0.05, 0.1) is 15.8 Å². The van der Waals surface area contributed by atoms with Gasteiger partial charge >= 0.3 is 0 Å². The van der Waals surface area contributed by atoms with E-state index in [0.717, 1.165) is 20.8 Å². The minimum atomic E-state index is 0.0349. The molecule has 25 heavy (non-hydrogen) atoms. The lowest BCUT2D eigenvalue weighted by molar-refractivity contribution is 0.0993. The number of phenols is 1. The van der Waals surface area contributed by atoms with Crippen LogP contribution >= 0.6 is 11.3 Å². The average molecular weight is 345 g/mol. The third-order valence-electron chi connectivity index (χ3n) is 4.05. The maximum Gasteiger partial charge on any atom is 0.167 e. The van der Waals surface area contributed by atoms with E-state index in [4.69, 9.17) is 0 Å². The fourth-order valence-corrected chi connectivity index (χ4v) is 3.77. The van der Waals surface area contributed by atoms with Gasteiger partial charge in [0.2, 0.25) is 0 Å². The van der Waals surface area contributed by atoms with Crippen molar-refractivity contribution in [1.82, 2.24) is 4.98 Å². The van der Waals surface area contributed by atoms with Crippen molar-refractivity contribution in [2.24, 2.45) is 0 Å². The van der Waals surface area contributed by atoms with Crippen LogP contribution in [0.4, 0.5) is 0 Å². The summed E-state index contributed by atoms with van der Waals surface area (Å²) in [5.41, 5.74) is 3.08. The lowest BCUT2D eigenvalue weighted by Crippen LogP contribution is -2.03. The molecule has 0 amide bonds. The third-order valence-corrected chi connectivity index (χ3v) is 5.12. The largest absolute Gasteiger partial charge is 0.507 e. The molecule has 4 heteroatoms. The van der Waals surface area contributed by atoms with E-state index in [-0.39, 0.29) is 18.0 Å². The van der Waals surface area contributed by atoms with E-state index >= 15 is 0 Å². The number of hydrogen-bond donors (Lipinski definition) is 1. The van der Waals surface area contributed by atoms with Crippen LogP contribution in [-0.2, 0) is 6.42 Å². The van der Waals surface area contributed by atoms with Gasteiger partial charge in [0.1, 0.15) is 10.8 Å². The van der Waals surface area contributed by atoms with Gasteiger partial charge in [-0.25, -0.2) is 4.98 Å². The van der Waals surface area contributed by atoms with Crippen molar-refractivity contribution in [1.29, 1.82) is 0 Å². The number of ketones is 1.